The third kappa shape index (κ3) is 2.91. The second-order valence-corrected chi connectivity index (χ2v) is 5.64. The molecule has 1 aliphatic carbocycles. The molecule has 100 valence electrons. The summed E-state index contributed by atoms with van der Waals surface area (Å²) in [5.41, 5.74) is 1.19. The van der Waals surface area contributed by atoms with Gasteiger partial charge >= 0.3 is 0 Å². The largest absolute Gasteiger partial charge is 0.390 e. The van der Waals surface area contributed by atoms with Crippen LogP contribution in [-0.4, -0.2) is 35.0 Å². The van der Waals surface area contributed by atoms with Crippen molar-refractivity contribution in [1.82, 2.24) is 5.32 Å². The van der Waals surface area contributed by atoms with E-state index in [1.54, 1.807) is 0 Å². The zero-order chi connectivity index (χ0) is 13.1. The van der Waals surface area contributed by atoms with E-state index in [1.807, 2.05) is 18.2 Å². The first kappa shape index (κ1) is 13.5. The van der Waals surface area contributed by atoms with E-state index in [4.69, 9.17) is 0 Å². The van der Waals surface area contributed by atoms with Crippen LogP contribution in [0.25, 0.3) is 0 Å². The van der Waals surface area contributed by atoms with Gasteiger partial charge in [-0.2, -0.15) is 0 Å². The monoisotopic (exact) mass is 249 g/mol. The predicted molar refractivity (Wildman–Crippen MR) is 72.4 cm³/mol. The van der Waals surface area contributed by atoms with Crippen molar-refractivity contribution >= 4 is 0 Å². The van der Waals surface area contributed by atoms with Crippen LogP contribution in [0.15, 0.2) is 30.3 Å². The van der Waals surface area contributed by atoms with Crippen molar-refractivity contribution in [3.8, 4) is 0 Å². The van der Waals surface area contributed by atoms with Crippen molar-refractivity contribution < 1.29 is 10.2 Å². The minimum absolute atomic E-state index is 0.0511. The number of aliphatic hydroxyl groups excluding tert-OH is 2. The van der Waals surface area contributed by atoms with Crippen LogP contribution in [0.4, 0.5) is 0 Å². The molecule has 0 heterocycles. The van der Waals surface area contributed by atoms with Gasteiger partial charge in [0.05, 0.1) is 12.2 Å². The zero-order valence-corrected chi connectivity index (χ0v) is 11.1. The summed E-state index contributed by atoms with van der Waals surface area (Å²) in [5.74, 6) is 0.723. The second kappa shape index (κ2) is 5.83. The summed E-state index contributed by atoms with van der Waals surface area (Å²) in [6.45, 7) is 5.14. The van der Waals surface area contributed by atoms with E-state index in [1.165, 1.54) is 5.56 Å². The molecule has 1 aromatic rings. The number of hydrogen-bond acceptors (Lipinski definition) is 3. The quantitative estimate of drug-likeness (QED) is 0.758. The minimum atomic E-state index is -0.672. The van der Waals surface area contributed by atoms with E-state index in [2.05, 4.69) is 31.3 Å². The van der Waals surface area contributed by atoms with Gasteiger partial charge < -0.3 is 15.5 Å². The van der Waals surface area contributed by atoms with E-state index in [-0.39, 0.29) is 12.0 Å². The summed E-state index contributed by atoms with van der Waals surface area (Å²) in [6, 6.07) is 10.1. The fourth-order valence-corrected chi connectivity index (χ4v) is 2.70. The van der Waals surface area contributed by atoms with Gasteiger partial charge in [-0.3, -0.25) is 0 Å². The smallest absolute Gasteiger partial charge is 0.0957 e. The van der Waals surface area contributed by atoms with Gasteiger partial charge in [-0.05, 0) is 24.4 Å². The van der Waals surface area contributed by atoms with Gasteiger partial charge in [0.2, 0.25) is 0 Å². The Balaban J connectivity index is 2.12. The fraction of sp³-hybridized carbons (Fsp3) is 0.600. The third-order valence-electron chi connectivity index (χ3n) is 3.68. The van der Waals surface area contributed by atoms with Crippen LogP contribution < -0.4 is 5.32 Å². The summed E-state index contributed by atoms with van der Waals surface area (Å²) in [5, 5.41) is 23.4. The van der Waals surface area contributed by atoms with Crippen LogP contribution in [0.2, 0.25) is 0 Å². The van der Waals surface area contributed by atoms with Gasteiger partial charge in [-0.25, -0.2) is 0 Å². The van der Waals surface area contributed by atoms with Gasteiger partial charge in [0.25, 0.3) is 0 Å². The molecule has 0 amide bonds. The predicted octanol–water partition coefficient (Wildman–Crippen LogP) is 1.51. The molecule has 3 N–H and O–H groups in total. The van der Waals surface area contributed by atoms with Crippen molar-refractivity contribution in [1.29, 1.82) is 0 Å². The molecule has 0 aliphatic heterocycles. The molecule has 3 heteroatoms. The van der Waals surface area contributed by atoms with Crippen LogP contribution >= 0.6 is 0 Å². The summed E-state index contributed by atoms with van der Waals surface area (Å²) in [4.78, 5) is 0. The Kier molecular flexibility index (Phi) is 4.38. The molecule has 0 spiro atoms. The maximum Gasteiger partial charge on any atom is 0.0957 e. The average molecular weight is 249 g/mol. The fourth-order valence-electron chi connectivity index (χ4n) is 2.70. The molecule has 18 heavy (non-hydrogen) atoms. The topological polar surface area (TPSA) is 52.5 Å². The molecule has 1 fully saturated rings. The van der Waals surface area contributed by atoms with E-state index in [9.17, 15) is 10.2 Å². The van der Waals surface area contributed by atoms with Crippen molar-refractivity contribution in [2.75, 3.05) is 6.54 Å². The molecule has 3 nitrogen and oxygen atoms in total. The standard InChI is InChI=1S/C15H23NO2/c1-10(2)9-16-14-12(8-13(17)15(14)18)11-6-4-3-5-7-11/h3-7,10,12-18H,8-9H2,1-2H3. The van der Waals surface area contributed by atoms with Gasteiger partial charge in [-0.15, -0.1) is 0 Å². The lowest BCUT2D eigenvalue weighted by Crippen LogP contribution is -2.43. The van der Waals surface area contributed by atoms with Gasteiger partial charge in [0.15, 0.2) is 0 Å². The first-order valence-corrected chi connectivity index (χ1v) is 6.74. The van der Waals surface area contributed by atoms with E-state index in [0.717, 1.165) is 6.54 Å². The highest BCUT2D eigenvalue weighted by atomic mass is 16.3. The summed E-state index contributed by atoms with van der Waals surface area (Å²) in [6.07, 6.45) is -0.671. The van der Waals surface area contributed by atoms with Gasteiger partial charge in [0, 0.05) is 12.0 Å². The van der Waals surface area contributed by atoms with Crippen LogP contribution in [-0.2, 0) is 0 Å². The number of nitrogens with one attached hydrogen (secondary N) is 1. The molecular formula is C15H23NO2. The maximum absolute atomic E-state index is 10.1. The minimum Gasteiger partial charge on any atom is -0.390 e. The highest BCUT2D eigenvalue weighted by Gasteiger charge is 2.41. The van der Waals surface area contributed by atoms with Gasteiger partial charge in [-0.1, -0.05) is 44.2 Å². The first-order chi connectivity index (χ1) is 8.59. The molecule has 2 rings (SSSR count). The van der Waals surface area contributed by atoms with Crippen LogP contribution in [0, 0.1) is 5.92 Å². The number of aliphatic hydroxyl groups is 2. The lowest BCUT2D eigenvalue weighted by molar-refractivity contribution is 0.0296. The number of benzene rings is 1. The highest BCUT2D eigenvalue weighted by Crippen LogP contribution is 2.35. The Hall–Kier alpha value is -0.900. The van der Waals surface area contributed by atoms with E-state index < -0.39 is 12.2 Å². The Morgan fingerprint density at radius 3 is 2.50 bits per heavy atom. The summed E-state index contributed by atoms with van der Waals surface area (Å²) in [7, 11) is 0. The molecule has 0 saturated heterocycles. The molecule has 0 aromatic heterocycles. The first-order valence-electron chi connectivity index (χ1n) is 6.74. The van der Waals surface area contributed by atoms with Crippen LogP contribution in [0.5, 0.6) is 0 Å². The molecular weight excluding hydrogens is 226 g/mol. The zero-order valence-electron chi connectivity index (χ0n) is 11.1. The Morgan fingerprint density at radius 1 is 1.22 bits per heavy atom. The van der Waals surface area contributed by atoms with Crippen molar-refractivity contribution in [2.45, 2.75) is 44.4 Å². The summed E-state index contributed by atoms with van der Waals surface area (Å²) < 4.78 is 0. The highest BCUT2D eigenvalue weighted by molar-refractivity contribution is 5.24. The Labute approximate surface area is 109 Å². The molecule has 1 saturated carbocycles. The SMILES string of the molecule is CC(C)CNC1C(c2ccccc2)CC(O)C1O. The molecule has 4 atom stereocenters. The van der Waals surface area contributed by atoms with E-state index >= 15 is 0 Å². The summed E-state index contributed by atoms with van der Waals surface area (Å²) >= 11 is 0. The second-order valence-electron chi connectivity index (χ2n) is 5.64. The van der Waals surface area contributed by atoms with Crippen molar-refractivity contribution in [3.63, 3.8) is 0 Å². The molecule has 4 unspecified atom stereocenters. The molecule has 1 aliphatic rings. The maximum atomic E-state index is 10.1. The Bertz CT molecular complexity index is 366. The normalized spacial score (nSPS) is 32.1. The van der Waals surface area contributed by atoms with E-state index in [0.29, 0.717) is 12.3 Å². The lowest BCUT2D eigenvalue weighted by Gasteiger charge is -2.24. The average Bonchev–Trinajstić information content (AvgIpc) is 2.64. The molecule has 0 radical (unpaired) electrons. The van der Waals surface area contributed by atoms with Gasteiger partial charge in [0.1, 0.15) is 0 Å². The molecule has 1 aromatic carbocycles. The van der Waals surface area contributed by atoms with Crippen molar-refractivity contribution in [3.05, 3.63) is 35.9 Å². The Morgan fingerprint density at radius 2 is 1.89 bits per heavy atom. The van der Waals surface area contributed by atoms with Crippen molar-refractivity contribution in [2.24, 2.45) is 5.92 Å². The molecule has 0 bridgehead atoms. The third-order valence-corrected chi connectivity index (χ3v) is 3.68. The van der Waals surface area contributed by atoms with Crippen LogP contribution in [0.3, 0.4) is 0 Å². The van der Waals surface area contributed by atoms with Crippen LogP contribution in [0.1, 0.15) is 31.7 Å². The number of rotatable bonds is 4. The lowest BCUT2D eigenvalue weighted by atomic mass is 9.93. The number of hydrogen-bond donors (Lipinski definition) is 3.